The van der Waals surface area contributed by atoms with Crippen molar-refractivity contribution in [3.8, 4) is 0 Å². The number of carbonyl (C=O) groups is 1. The fourth-order valence-corrected chi connectivity index (χ4v) is 1.94. The zero-order valence-corrected chi connectivity index (χ0v) is 9.88. The molecule has 84 valence electrons. The molecule has 16 heavy (non-hydrogen) atoms. The first kappa shape index (κ1) is 11.2. The molecule has 0 fully saturated rings. The molecular weight excluding hydrogens is 224 g/mol. The van der Waals surface area contributed by atoms with Gasteiger partial charge < -0.3 is 4.74 Å². The van der Waals surface area contributed by atoms with E-state index in [2.05, 4.69) is 0 Å². The first-order valence-corrected chi connectivity index (χ1v) is 5.68. The van der Waals surface area contributed by atoms with Gasteiger partial charge in [0.05, 0.1) is 17.9 Å². The molecule has 0 saturated carbocycles. The minimum atomic E-state index is -0.0200. The molecule has 1 aliphatic rings. The predicted octanol–water partition coefficient (Wildman–Crippen LogP) is 3.53. The van der Waals surface area contributed by atoms with Gasteiger partial charge in [-0.1, -0.05) is 23.7 Å². The third kappa shape index (κ3) is 2.12. The number of hydrogen-bond acceptors (Lipinski definition) is 2. The maximum Gasteiger partial charge on any atom is 0.193 e. The average Bonchev–Trinajstić information content (AvgIpc) is 2.33. The van der Waals surface area contributed by atoms with E-state index >= 15 is 0 Å². The van der Waals surface area contributed by atoms with Crippen molar-refractivity contribution >= 4 is 17.4 Å². The number of Topliss-reactive ketones (excluding diaryl/α,β-unsaturated/α-hetero) is 1. The normalized spacial score (nSPS) is 15.2. The topological polar surface area (TPSA) is 26.3 Å². The third-order valence-electron chi connectivity index (χ3n) is 2.66. The van der Waals surface area contributed by atoms with Crippen molar-refractivity contribution in [1.29, 1.82) is 0 Å². The largest absolute Gasteiger partial charge is 0.501 e. The lowest BCUT2D eigenvalue weighted by Crippen LogP contribution is -2.10. The summed E-state index contributed by atoms with van der Waals surface area (Å²) >= 11 is 6.12. The molecule has 0 aliphatic carbocycles. The van der Waals surface area contributed by atoms with Crippen molar-refractivity contribution in [2.75, 3.05) is 6.61 Å². The average molecular weight is 237 g/mol. The number of rotatable bonds is 2. The second kappa shape index (κ2) is 4.71. The van der Waals surface area contributed by atoms with E-state index in [1.165, 1.54) is 0 Å². The molecule has 2 nitrogen and oxygen atoms in total. The van der Waals surface area contributed by atoms with E-state index in [9.17, 15) is 4.79 Å². The Bertz CT molecular complexity index is 449. The van der Waals surface area contributed by atoms with Gasteiger partial charge in [0.1, 0.15) is 0 Å². The molecule has 2 rings (SSSR count). The number of halogens is 1. The zero-order valence-electron chi connectivity index (χ0n) is 9.13. The molecule has 1 aliphatic heterocycles. The number of benzene rings is 1. The lowest BCUT2D eigenvalue weighted by Gasteiger charge is -2.13. The molecule has 0 aromatic heterocycles. The van der Waals surface area contributed by atoms with Gasteiger partial charge in [-0.3, -0.25) is 4.79 Å². The van der Waals surface area contributed by atoms with E-state index in [1.54, 1.807) is 12.3 Å². The van der Waals surface area contributed by atoms with Gasteiger partial charge in [0.15, 0.2) is 5.78 Å². The van der Waals surface area contributed by atoms with Gasteiger partial charge in [-0.2, -0.15) is 0 Å². The monoisotopic (exact) mass is 236 g/mol. The van der Waals surface area contributed by atoms with Crippen molar-refractivity contribution in [2.24, 2.45) is 0 Å². The minimum absolute atomic E-state index is 0.0200. The van der Waals surface area contributed by atoms with Gasteiger partial charge in [0.2, 0.25) is 0 Å². The van der Waals surface area contributed by atoms with Crippen LogP contribution >= 0.6 is 11.6 Å². The van der Waals surface area contributed by atoms with Crippen LogP contribution in [0.4, 0.5) is 0 Å². The van der Waals surface area contributed by atoms with Gasteiger partial charge in [0.25, 0.3) is 0 Å². The molecule has 1 heterocycles. The first-order valence-electron chi connectivity index (χ1n) is 5.30. The molecule has 3 heteroatoms. The van der Waals surface area contributed by atoms with Crippen LogP contribution < -0.4 is 0 Å². The summed E-state index contributed by atoms with van der Waals surface area (Å²) in [5, 5.41) is 0.541. The summed E-state index contributed by atoms with van der Waals surface area (Å²) in [5.74, 6) is -0.0200. The summed E-state index contributed by atoms with van der Waals surface area (Å²) in [6.45, 7) is 2.59. The lowest BCUT2D eigenvalue weighted by atomic mass is 9.98. The summed E-state index contributed by atoms with van der Waals surface area (Å²) in [4.78, 5) is 12.1. The second-order valence-electron chi connectivity index (χ2n) is 3.88. The fraction of sp³-hybridized carbons (Fsp3) is 0.308. The lowest BCUT2D eigenvalue weighted by molar-refractivity contribution is 0.101. The Morgan fingerprint density at radius 3 is 2.94 bits per heavy atom. The Kier molecular flexibility index (Phi) is 3.30. The molecule has 1 aromatic carbocycles. The van der Waals surface area contributed by atoms with E-state index in [1.807, 2.05) is 19.1 Å². The number of carbonyl (C=O) groups excluding carboxylic acids is 1. The Morgan fingerprint density at radius 2 is 2.25 bits per heavy atom. The second-order valence-corrected chi connectivity index (χ2v) is 4.26. The van der Waals surface area contributed by atoms with Crippen LogP contribution in [0.3, 0.4) is 0 Å². The summed E-state index contributed by atoms with van der Waals surface area (Å²) < 4.78 is 5.17. The number of hydrogen-bond donors (Lipinski definition) is 0. The van der Waals surface area contributed by atoms with E-state index in [0.717, 1.165) is 18.4 Å². The van der Waals surface area contributed by atoms with Gasteiger partial charge in [-0.15, -0.1) is 0 Å². The van der Waals surface area contributed by atoms with Crippen molar-refractivity contribution in [3.05, 3.63) is 46.2 Å². The van der Waals surface area contributed by atoms with E-state index in [-0.39, 0.29) is 5.78 Å². The van der Waals surface area contributed by atoms with E-state index in [0.29, 0.717) is 22.8 Å². The highest BCUT2D eigenvalue weighted by Gasteiger charge is 2.18. The minimum Gasteiger partial charge on any atom is -0.501 e. The van der Waals surface area contributed by atoms with Crippen LogP contribution in [-0.2, 0) is 4.74 Å². The number of ether oxygens (including phenoxy) is 1. The first-order chi connectivity index (χ1) is 7.70. The zero-order chi connectivity index (χ0) is 11.5. The van der Waals surface area contributed by atoms with E-state index < -0.39 is 0 Å². The smallest absolute Gasteiger partial charge is 0.193 e. The molecule has 0 amide bonds. The van der Waals surface area contributed by atoms with Crippen molar-refractivity contribution in [3.63, 3.8) is 0 Å². The van der Waals surface area contributed by atoms with Crippen LogP contribution in [0, 0.1) is 6.92 Å². The third-order valence-corrected chi connectivity index (χ3v) is 3.16. The van der Waals surface area contributed by atoms with E-state index in [4.69, 9.17) is 16.3 Å². The van der Waals surface area contributed by atoms with Crippen LogP contribution in [-0.4, -0.2) is 12.4 Å². The van der Waals surface area contributed by atoms with Crippen molar-refractivity contribution in [1.82, 2.24) is 0 Å². The van der Waals surface area contributed by atoms with Gasteiger partial charge in [0, 0.05) is 11.1 Å². The standard InChI is InChI=1S/C13H13ClO2/c1-9-4-2-6-11(12(9)14)13(15)10-5-3-7-16-8-10/h2,4,6,8H,3,5,7H2,1H3. The van der Waals surface area contributed by atoms with Crippen LogP contribution in [0.5, 0.6) is 0 Å². The molecule has 0 N–H and O–H groups in total. The molecule has 0 bridgehead atoms. The summed E-state index contributed by atoms with van der Waals surface area (Å²) in [6, 6.07) is 5.50. The van der Waals surface area contributed by atoms with Crippen LogP contribution in [0.25, 0.3) is 0 Å². The molecule has 0 saturated heterocycles. The quantitative estimate of drug-likeness (QED) is 0.735. The maximum atomic E-state index is 12.1. The van der Waals surface area contributed by atoms with Crippen LogP contribution in [0.1, 0.15) is 28.8 Å². The maximum absolute atomic E-state index is 12.1. The van der Waals surface area contributed by atoms with Crippen LogP contribution in [0.15, 0.2) is 30.0 Å². The Labute approximate surface area is 99.9 Å². The molecule has 1 aromatic rings. The fourth-order valence-electron chi connectivity index (χ4n) is 1.73. The van der Waals surface area contributed by atoms with Crippen molar-refractivity contribution < 1.29 is 9.53 Å². The molecule has 0 spiro atoms. The SMILES string of the molecule is Cc1cccc(C(=O)C2=COCCC2)c1Cl. The summed E-state index contributed by atoms with van der Waals surface area (Å²) in [6.07, 6.45) is 3.22. The Morgan fingerprint density at radius 1 is 1.44 bits per heavy atom. The number of allylic oxidation sites excluding steroid dienone is 1. The van der Waals surface area contributed by atoms with Gasteiger partial charge >= 0.3 is 0 Å². The molecule has 0 atom stereocenters. The highest BCUT2D eigenvalue weighted by atomic mass is 35.5. The summed E-state index contributed by atoms with van der Waals surface area (Å²) in [7, 11) is 0. The van der Waals surface area contributed by atoms with Crippen LogP contribution in [0.2, 0.25) is 5.02 Å². The predicted molar refractivity (Wildman–Crippen MR) is 63.8 cm³/mol. The molecule has 0 unspecified atom stereocenters. The highest BCUT2D eigenvalue weighted by Crippen LogP contribution is 2.25. The molecule has 0 radical (unpaired) electrons. The number of ketones is 1. The van der Waals surface area contributed by atoms with Gasteiger partial charge in [-0.05, 0) is 31.4 Å². The van der Waals surface area contributed by atoms with Gasteiger partial charge in [-0.25, -0.2) is 0 Å². The molecular formula is C13H13ClO2. The van der Waals surface area contributed by atoms with Crippen molar-refractivity contribution in [2.45, 2.75) is 19.8 Å². The number of aryl methyl sites for hydroxylation is 1. The summed E-state index contributed by atoms with van der Waals surface area (Å²) in [5.41, 5.74) is 2.20. The highest BCUT2D eigenvalue weighted by molar-refractivity contribution is 6.35. The Balaban J connectivity index is 2.33. The Hall–Kier alpha value is -1.28.